The molecule has 2 N–H and O–H groups in total. The van der Waals surface area contributed by atoms with Crippen molar-refractivity contribution in [3.63, 3.8) is 0 Å². The molecule has 7 heteroatoms. The fourth-order valence-corrected chi connectivity index (χ4v) is 7.87. The highest BCUT2D eigenvalue weighted by atomic mass is 16.3. The van der Waals surface area contributed by atoms with Crippen molar-refractivity contribution in [1.82, 2.24) is 0 Å². The van der Waals surface area contributed by atoms with Crippen molar-refractivity contribution in [3.05, 3.63) is 147 Å². The average Bonchev–Trinajstić information content (AvgIpc) is 3.07. The number of rotatable bonds is 1. The Morgan fingerprint density at radius 3 is 2.04 bits per heavy atom. The smallest absolute Gasteiger partial charge is 0.270 e. The van der Waals surface area contributed by atoms with Gasteiger partial charge in [-0.25, -0.2) is 14.7 Å². The number of nitriles is 1. The highest BCUT2D eigenvalue weighted by molar-refractivity contribution is 6.28. The third-order valence-corrected chi connectivity index (χ3v) is 9.63. The van der Waals surface area contributed by atoms with Crippen LogP contribution in [-0.2, 0) is 0 Å². The zero-order valence-corrected chi connectivity index (χ0v) is 26.5. The van der Waals surface area contributed by atoms with Crippen molar-refractivity contribution < 1.29 is 9.68 Å². The minimum atomic E-state index is -0.202. The van der Waals surface area contributed by atoms with Crippen LogP contribution in [0.25, 0.3) is 37.5 Å². The Hall–Kier alpha value is -6.31. The predicted octanol–water partition coefficient (Wildman–Crippen LogP) is 6.13. The number of hydrogen-bond acceptors (Lipinski definition) is 5. The van der Waals surface area contributed by atoms with E-state index in [0.717, 1.165) is 66.5 Å². The van der Waals surface area contributed by atoms with Crippen LogP contribution in [-0.4, -0.2) is 45.1 Å². The van der Waals surface area contributed by atoms with E-state index in [1.165, 1.54) is 0 Å². The van der Waals surface area contributed by atoms with Crippen molar-refractivity contribution in [1.29, 1.82) is 5.26 Å². The summed E-state index contributed by atoms with van der Waals surface area (Å²) in [6, 6.07) is 30.2. The Morgan fingerprint density at radius 2 is 1.43 bits per heavy atom. The molecule has 0 unspecified atom stereocenters. The van der Waals surface area contributed by atoms with Gasteiger partial charge in [-0.05, 0) is 63.1 Å². The van der Waals surface area contributed by atoms with Crippen LogP contribution in [0.3, 0.4) is 0 Å². The van der Waals surface area contributed by atoms with E-state index in [0.29, 0.717) is 34.6 Å². The molecule has 8 rings (SSSR count). The molecule has 0 aromatic heterocycles. The molecule has 1 heterocycles. The molecule has 0 atom stereocenters. The van der Waals surface area contributed by atoms with Gasteiger partial charge in [0.05, 0.1) is 36.1 Å². The molecule has 0 fully saturated rings. The Labute approximate surface area is 273 Å². The normalized spacial score (nSPS) is 16.1. The van der Waals surface area contributed by atoms with E-state index in [1.807, 2.05) is 80.8 Å². The summed E-state index contributed by atoms with van der Waals surface area (Å²) in [6.07, 6.45) is 0. The van der Waals surface area contributed by atoms with Gasteiger partial charge < -0.3 is 20.6 Å². The number of allylic oxidation sites excluding steroid dienone is 3. The molecule has 0 radical (unpaired) electrons. The molecule has 0 saturated heterocycles. The number of benzene rings is 5. The van der Waals surface area contributed by atoms with Gasteiger partial charge >= 0.3 is 0 Å². The lowest BCUT2D eigenvalue weighted by Gasteiger charge is -2.42. The van der Waals surface area contributed by atoms with Crippen LogP contribution in [0.15, 0.2) is 108 Å². The second-order valence-corrected chi connectivity index (χ2v) is 12.5. The van der Waals surface area contributed by atoms with Gasteiger partial charge in [0.25, 0.3) is 5.70 Å². The lowest BCUT2D eigenvalue weighted by Crippen LogP contribution is -2.36. The van der Waals surface area contributed by atoms with Crippen molar-refractivity contribution >= 4 is 55.5 Å². The topological polar surface area (TPSA) is 86.7 Å². The van der Waals surface area contributed by atoms with Crippen LogP contribution in [0, 0.1) is 17.9 Å². The first-order chi connectivity index (χ1) is 22.8. The first kappa shape index (κ1) is 28.2. The second kappa shape index (κ2) is 10.1. The van der Waals surface area contributed by atoms with Crippen molar-refractivity contribution in [3.8, 4) is 6.07 Å². The molecule has 3 aliphatic rings. The van der Waals surface area contributed by atoms with Crippen LogP contribution in [0.1, 0.15) is 27.8 Å². The lowest BCUT2D eigenvalue weighted by atomic mass is 9.69. The Morgan fingerprint density at radius 1 is 0.809 bits per heavy atom. The van der Waals surface area contributed by atoms with Crippen molar-refractivity contribution in [2.75, 3.05) is 50.4 Å². The van der Waals surface area contributed by atoms with E-state index in [9.17, 15) is 5.26 Å². The zero-order chi connectivity index (χ0) is 32.7. The van der Waals surface area contributed by atoms with E-state index < -0.39 is 0 Å². The minimum absolute atomic E-state index is 0.114. The largest absolute Gasteiger partial charge is 0.872 e. The first-order valence-electron chi connectivity index (χ1n) is 15.4. The van der Waals surface area contributed by atoms with Gasteiger partial charge in [-0.2, -0.15) is 0 Å². The summed E-state index contributed by atoms with van der Waals surface area (Å²) in [7, 11) is 8.14. The fourth-order valence-electron chi connectivity index (χ4n) is 7.87. The molecule has 226 valence electrons. The quantitative estimate of drug-likeness (QED) is 0.0797. The monoisotopic (exact) mass is 610 g/mol. The molecular weight excluding hydrogens is 580 g/mol. The van der Waals surface area contributed by atoms with Gasteiger partial charge in [0.2, 0.25) is 5.71 Å². The van der Waals surface area contributed by atoms with E-state index in [1.54, 1.807) is 0 Å². The van der Waals surface area contributed by atoms with Crippen LogP contribution < -0.4 is 20.6 Å². The van der Waals surface area contributed by atoms with Crippen LogP contribution in [0.2, 0.25) is 0 Å². The van der Waals surface area contributed by atoms with E-state index in [4.69, 9.17) is 12.3 Å². The summed E-state index contributed by atoms with van der Waals surface area (Å²) in [5.74, 6) is -0.202. The SMILES string of the molecule is [C-]#[N+]/C(C#N)=C1\C(=C2c3ccccc3C(=[N+](C)C)c3ccccc32)C([O-])=C1c1c2cccc3c2c(c2cccc(N)c12)N(C)CN3C. The van der Waals surface area contributed by atoms with Gasteiger partial charge in [-0.1, -0.05) is 66.4 Å². The summed E-state index contributed by atoms with van der Waals surface area (Å²) >= 11 is 0. The van der Waals surface area contributed by atoms with Gasteiger partial charge in [0.1, 0.15) is 14.1 Å². The number of nitrogen functional groups attached to an aromatic ring is 1. The van der Waals surface area contributed by atoms with E-state index >= 15 is 5.11 Å². The summed E-state index contributed by atoms with van der Waals surface area (Å²) in [5, 5.41) is 29.0. The highest BCUT2D eigenvalue weighted by Crippen LogP contribution is 2.57. The summed E-state index contributed by atoms with van der Waals surface area (Å²) in [5.41, 5.74) is 16.6. The van der Waals surface area contributed by atoms with Crippen molar-refractivity contribution in [2.45, 2.75) is 0 Å². The Kier molecular flexibility index (Phi) is 6.06. The van der Waals surface area contributed by atoms with Crippen LogP contribution in [0.4, 0.5) is 17.1 Å². The number of fused-ring (bicyclic) bond motifs is 4. The van der Waals surface area contributed by atoms with E-state index in [2.05, 4.69) is 57.6 Å². The molecule has 5 aromatic carbocycles. The summed E-state index contributed by atoms with van der Waals surface area (Å²) in [4.78, 5) is 8.09. The molecule has 2 aliphatic carbocycles. The maximum absolute atomic E-state index is 15.0. The predicted molar refractivity (Wildman–Crippen MR) is 188 cm³/mol. The molecule has 5 aromatic rings. The second-order valence-electron chi connectivity index (χ2n) is 12.5. The molecule has 7 nitrogen and oxygen atoms in total. The summed E-state index contributed by atoms with van der Waals surface area (Å²) < 4.78 is 2.09. The lowest BCUT2D eigenvalue weighted by molar-refractivity contribution is -0.463. The summed E-state index contributed by atoms with van der Waals surface area (Å²) in [6.45, 7) is 8.79. The number of nitrogens with zero attached hydrogens (tertiary/aromatic N) is 5. The van der Waals surface area contributed by atoms with Gasteiger partial charge in [0.15, 0.2) is 0 Å². The Bertz CT molecular complexity index is 2410. The third kappa shape index (κ3) is 3.69. The van der Waals surface area contributed by atoms with Crippen LogP contribution in [0.5, 0.6) is 0 Å². The standard InChI is InChI=1S/C40H30N6O/c1-43-29(20-41)35-36(31-22-12-6-8-14-24(22)38(44(2)3)25-15-9-7-13-23(25)31)40(47)37(35)34-26-16-11-19-30-33(26)39(46(5)21-45(30)4)27-17-10-18-28(42)32(27)34/h6-19H,21,42H2,2-5H3/b35-29+. The molecule has 0 bridgehead atoms. The molecule has 0 spiro atoms. The minimum Gasteiger partial charge on any atom is -0.872 e. The zero-order valence-electron chi connectivity index (χ0n) is 26.5. The molecule has 47 heavy (non-hydrogen) atoms. The molecule has 0 amide bonds. The average molecular weight is 611 g/mol. The maximum atomic E-state index is 15.0. The molecular formula is C40H30N6O. The fraction of sp³-hybridized carbons (Fsp3) is 0.125. The number of nitrogens with two attached hydrogens (primary N) is 1. The highest BCUT2D eigenvalue weighted by Gasteiger charge is 2.39. The number of hydrogen-bond donors (Lipinski definition) is 1. The maximum Gasteiger partial charge on any atom is 0.270 e. The van der Waals surface area contributed by atoms with Gasteiger partial charge in [0, 0.05) is 47.2 Å². The van der Waals surface area contributed by atoms with Crippen molar-refractivity contribution in [2.24, 2.45) is 0 Å². The first-order valence-corrected chi connectivity index (χ1v) is 15.4. The molecule has 1 aliphatic heterocycles. The van der Waals surface area contributed by atoms with Gasteiger partial charge in [-0.15, -0.1) is 0 Å². The van der Waals surface area contributed by atoms with E-state index in [-0.39, 0.29) is 11.5 Å². The Balaban J connectivity index is 1.58. The third-order valence-electron chi connectivity index (χ3n) is 9.63. The van der Waals surface area contributed by atoms with Crippen LogP contribution >= 0.6 is 0 Å². The number of anilines is 3. The molecule has 0 saturated carbocycles. The van der Waals surface area contributed by atoms with Gasteiger partial charge in [-0.3, -0.25) is 0 Å².